The van der Waals surface area contributed by atoms with E-state index >= 15 is 0 Å². The van der Waals surface area contributed by atoms with Crippen LogP contribution in [-0.2, 0) is 4.74 Å². The first-order valence-electron chi connectivity index (χ1n) is 4.60. The molecular formula is C10H15FN2O. The van der Waals surface area contributed by atoms with E-state index in [0.29, 0.717) is 6.61 Å². The van der Waals surface area contributed by atoms with Crippen LogP contribution in [0.5, 0.6) is 0 Å². The lowest BCUT2D eigenvalue weighted by Gasteiger charge is -2.09. The summed E-state index contributed by atoms with van der Waals surface area (Å²) in [5.74, 6) is -0.335. The summed E-state index contributed by atoms with van der Waals surface area (Å²) in [6.07, 6.45) is 2.87. The van der Waals surface area contributed by atoms with Gasteiger partial charge in [-0.15, -0.1) is 0 Å². The zero-order valence-corrected chi connectivity index (χ0v) is 8.24. The van der Waals surface area contributed by atoms with Gasteiger partial charge in [0.2, 0.25) is 0 Å². The molecule has 0 aliphatic heterocycles. The molecule has 0 aliphatic carbocycles. The zero-order valence-electron chi connectivity index (χ0n) is 8.24. The molecule has 0 spiro atoms. The molecule has 1 atom stereocenters. The van der Waals surface area contributed by atoms with Crippen molar-refractivity contribution < 1.29 is 9.13 Å². The minimum Gasteiger partial charge on any atom is -0.385 e. The summed E-state index contributed by atoms with van der Waals surface area (Å²) in [6.45, 7) is 0.689. The number of methoxy groups -OCH3 is 1. The summed E-state index contributed by atoms with van der Waals surface area (Å²) >= 11 is 0. The summed E-state index contributed by atoms with van der Waals surface area (Å²) < 4.78 is 17.4. The molecule has 0 radical (unpaired) electrons. The fraction of sp³-hybridized carbons (Fsp3) is 0.500. The molecule has 1 heterocycles. The Balaban J connectivity index is 2.43. The highest BCUT2D eigenvalue weighted by molar-refractivity contribution is 5.09. The molecule has 0 bridgehead atoms. The minimum atomic E-state index is -0.335. The standard InChI is InChI=1S/C10H15FN2O/c1-14-6-2-3-9(12)10-5-4-8(11)7-13-10/h4-5,7,9H,2-3,6,12H2,1H3. The lowest BCUT2D eigenvalue weighted by atomic mass is 10.1. The molecule has 4 heteroatoms. The van der Waals surface area contributed by atoms with Crippen molar-refractivity contribution in [2.24, 2.45) is 5.73 Å². The third-order valence-electron chi connectivity index (χ3n) is 1.99. The van der Waals surface area contributed by atoms with Crippen LogP contribution in [0.4, 0.5) is 4.39 Å². The van der Waals surface area contributed by atoms with Crippen molar-refractivity contribution in [2.45, 2.75) is 18.9 Å². The molecule has 2 N–H and O–H groups in total. The maximum atomic E-state index is 12.5. The van der Waals surface area contributed by atoms with E-state index in [-0.39, 0.29) is 11.9 Å². The Labute approximate surface area is 83.1 Å². The number of hydrogen-bond acceptors (Lipinski definition) is 3. The molecule has 1 aromatic rings. The second kappa shape index (κ2) is 5.67. The summed E-state index contributed by atoms with van der Waals surface area (Å²) in [5, 5.41) is 0. The van der Waals surface area contributed by atoms with E-state index in [1.807, 2.05) is 0 Å². The Bertz CT molecular complexity index is 263. The predicted molar refractivity (Wildman–Crippen MR) is 52.2 cm³/mol. The van der Waals surface area contributed by atoms with Gasteiger partial charge in [-0.05, 0) is 25.0 Å². The van der Waals surface area contributed by atoms with E-state index < -0.39 is 0 Å². The largest absolute Gasteiger partial charge is 0.385 e. The second-order valence-electron chi connectivity index (χ2n) is 3.14. The molecule has 0 saturated carbocycles. The van der Waals surface area contributed by atoms with Crippen LogP contribution < -0.4 is 5.73 Å². The second-order valence-corrected chi connectivity index (χ2v) is 3.14. The van der Waals surface area contributed by atoms with Crippen LogP contribution in [0.25, 0.3) is 0 Å². The van der Waals surface area contributed by atoms with Crippen LogP contribution in [0.1, 0.15) is 24.6 Å². The molecule has 0 amide bonds. The summed E-state index contributed by atoms with van der Waals surface area (Å²) in [5.41, 5.74) is 6.57. The number of nitrogens with zero attached hydrogens (tertiary/aromatic N) is 1. The molecular weight excluding hydrogens is 183 g/mol. The SMILES string of the molecule is COCCCC(N)c1ccc(F)cn1. The van der Waals surface area contributed by atoms with Gasteiger partial charge in [0.1, 0.15) is 5.82 Å². The highest BCUT2D eigenvalue weighted by Gasteiger charge is 2.06. The molecule has 3 nitrogen and oxygen atoms in total. The van der Waals surface area contributed by atoms with Crippen LogP contribution >= 0.6 is 0 Å². The van der Waals surface area contributed by atoms with Gasteiger partial charge in [-0.3, -0.25) is 4.98 Å². The smallest absolute Gasteiger partial charge is 0.141 e. The lowest BCUT2D eigenvalue weighted by Crippen LogP contribution is -2.12. The van der Waals surface area contributed by atoms with Crippen LogP contribution in [-0.4, -0.2) is 18.7 Å². The maximum absolute atomic E-state index is 12.5. The van der Waals surface area contributed by atoms with Crippen molar-refractivity contribution in [2.75, 3.05) is 13.7 Å². The lowest BCUT2D eigenvalue weighted by molar-refractivity contribution is 0.190. The van der Waals surface area contributed by atoms with Crippen molar-refractivity contribution in [1.29, 1.82) is 0 Å². The van der Waals surface area contributed by atoms with E-state index in [9.17, 15) is 4.39 Å². The third-order valence-corrected chi connectivity index (χ3v) is 1.99. The quantitative estimate of drug-likeness (QED) is 0.732. The first-order chi connectivity index (χ1) is 6.74. The van der Waals surface area contributed by atoms with Crippen molar-refractivity contribution in [3.05, 3.63) is 29.8 Å². The van der Waals surface area contributed by atoms with Crippen molar-refractivity contribution >= 4 is 0 Å². The molecule has 14 heavy (non-hydrogen) atoms. The Morgan fingerprint density at radius 1 is 1.57 bits per heavy atom. The van der Waals surface area contributed by atoms with Crippen molar-refractivity contribution in [1.82, 2.24) is 4.98 Å². The number of ether oxygens (including phenoxy) is 1. The van der Waals surface area contributed by atoms with Gasteiger partial charge in [0.05, 0.1) is 11.9 Å². The molecule has 1 aromatic heterocycles. The van der Waals surface area contributed by atoms with Crippen molar-refractivity contribution in [3.8, 4) is 0 Å². The van der Waals surface area contributed by atoms with Gasteiger partial charge in [0.15, 0.2) is 0 Å². The zero-order chi connectivity index (χ0) is 10.4. The van der Waals surface area contributed by atoms with Gasteiger partial charge < -0.3 is 10.5 Å². The highest BCUT2D eigenvalue weighted by atomic mass is 19.1. The monoisotopic (exact) mass is 198 g/mol. The highest BCUT2D eigenvalue weighted by Crippen LogP contribution is 2.13. The van der Waals surface area contributed by atoms with E-state index in [1.54, 1.807) is 13.2 Å². The first kappa shape index (κ1) is 11.1. The van der Waals surface area contributed by atoms with Crippen LogP contribution in [0.3, 0.4) is 0 Å². The molecule has 0 saturated heterocycles. The van der Waals surface area contributed by atoms with E-state index in [0.717, 1.165) is 18.5 Å². The fourth-order valence-corrected chi connectivity index (χ4v) is 1.20. The number of rotatable bonds is 5. The minimum absolute atomic E-state index is 0.134. The number of halogens is 1. The Kier molecular flexibility index (Phi) is 4.49. The van der Waals surface area contributed by atoms with Crippen LogP contribution in [0.2, 0.25) is 0 Å². The number of nitrogens with two attached hydrogens (primary N) is 1. The molecule has 78 valence electrons. The van der Waals surface area contributed by atoms with E-state index in [2.05, 4.69) is 4.98 Å². The molecule has 0 aromatic carbocycles. The number of aromatic nitrogens is 1. The van der Waals surface area contributed by atoms with Gasteiger partial charge in [0, 0.05) is 19.8 Å². The molecule has 1 rings (SSSR count). The number of pyridine rings is 1. The predicted octanol–water partition coefficient (Wildman–Crippen LogP) is 1.65. The third kappa shape index (κ3) is 3.40. The normalized spacial score (nSPS) is 12.8. The van der Waals surface area contributed by atoms with Gasteiger partial charge in [-0.2, -0.15) is 0 Å². The maximum Gasteiger partial charge on any atom is 0.141 e. The topological polar surface area (TPSA) is 48.1 Å². The summed E-state index contributed by atoms with van der Waals surface area (Å²) in [4.78, 5) is 3.92. The first-order valence-corrected chi connectivity index (χ1v) is 4.60. The van der Waals surface area contributed by atoms with Gasteiger partial charge >= 0.3 is 0 Å². The van der Waals surface area contributed by atoms with E-state index in [4.69, 9.17) is 10.5 Å². The van der Waals surface area contributed by atoms with Crippen molar-refractivity contribution in [3.63, 3.8) is 0 Å². The molecule has 0 aliphatic rings. The van der Waals surface area contributed by atoms with Gasteiger partial charge in [0.25, 0.3) is 0 Å². The Morgan fingerprint density at radius 2 is 2.36 bits per heavy atom. The average Bonchev–Trinajstić information content (AvgIpc) is 2.19. The average molecular weight is 198 g/mol. The fourth-order valence-electron chi connectivity index (χ4n) is 1.20. The molecule has 0 fully saturated rings. The van der Waals surface area contributed by atoms with E-state index in [1.165, 1.54) is 12.3 Å². The summed E-state index contributed by atoms with van der Waals surface area (Å²) in [6, 6.07) is 2.86. The molecule has 1 unspecified atom stereocenters. The Hall–Kier alpha value is -1.00. The number of hydrogen-bond donors (Lipinski definition) is 1. The summed E-state index contributed by atoms with van der Waals surface area (Å²) in [7, 11) is 1.65. The van der Waals surface area contributed by atoms with Crippen LogP contribution in [0, 0.1) is 5.82 Å². The van der Waals surface area contributed by atoms with Gasteiger partial charge in [-0.1, -0.05) is 0 Å². The van der Waals surface area contributed by atoms with Crippen LogP contribution in [0.15, 0.2) is 18.3 Å². The Morgan fingerprint density at radius 3 is 2.93 bits per heavy atom. The van der Waals surface area contributed by atoms with Gasteiger partial charge in [-0.25, -0.2) is 4.39 Å².